The summed E-state index contributed by atoms with van der Waals surface area (Å²) in [5, 5.41) is 3.65. The molecular formula is C16H24N2O3. The molecule has 2 aliphatic rings. The van der Waals surface area contributed by atoms with Crippen molar-refractivity contribution in [1.29, 1.82) is 0 Å². The first-order chi connectivity index (χ1) is 10.2. The van der Waals surface area contributed by atoms with Crippen molar-refractivity contribution in [3.63, 3.8) is 0 Å². The molecule has 0 radical (unpaired) electrons. The highest BCUT2D eigenvalue weighted by molar-refractivity contribution is 5.55. The summed E-state index contributed by atoms with van der Waals surface area (Å²) in [4.78, 5) is 2.42. The van der Waals surface area contributed by atoms with Crippen molar-refractivity contribution in [3.8, 4) is 17.2 Å². The fourth-order valence-electron chi connectivity index (χ4n) is 3.02. The number of fused-ring (bicyclic) bond motifs is 1. The summed E-state index contributed by atoms with van der Waals surface area (Å²) in [5.41, 5.74) is 1.17. The average molecular weight is 292 g/mol. The van der Waals surface area contributed by atoms with Crippen LogP contribution in [0, 0.1) is 0 Å². The number of nitrogens with zero attached hydrogens (tertiary/aromatic N) is 1. The van der Waals surface area contributed by atoms with Crippen molar-refractivity contribution in [3.05, 3.63) is 17.7 Å². The van der Waals surface area contributed by atoms with Crippen LogP contribution in [0.25, 0.3) is 0 Å². The van der Waals surface area contributed by atoms with Crippen LogP contribution >= 0.6 is 0 Å². The number of ether oxygens (including phenoxy) is 3. The number of methoxy groups -OCH3 is 1. The first-order valence-electron chi connectivity index (χ1n) is 7.57. The van der Waals surface area contributed by atoms with Crippen LogP contribution < -0.4 is 19.5 Å². The Labute approximate surface area is 126 Å². The van der Waals surface area contributed by atoms with Gasteiger partial charge in [0.15, 0.2) is 11.5 Å². The van der Waals surface area contributed by atoms with Gasteiger partial charge < -0.3 is 24.4 Å². The van der Waals surface area contributed by atoms with Crippen LogP contribution in [0.4, 0.5) is 0 Å². The van der Waals surface area contributed by atoms with E-state index in [-0.39, 0.29) is 6.79 Å². The van der Waals surface area contributed by atoms with E-state index in [1.54, 1.807) is 7.11 Å². The van der Waals surface area contributed by atoms with E-state index in [9.17, 15) is 0 Å². The smallest absolute Gasteiger partial charge is 0.231 e. The normalized spacial score (nSPS) is 25.1. The highest BCUT2D eigenvalue weighted by Crippen LogP contribution is 2.41. The predicted molar refractivity (Wildman–Crippen MR) is 81.1 cm³/mol. The molecular weight excluding hydrogens is 268 g/mol. The first kappa shape index (κ1) is 14.5. The molecule has 2 aliphatic heterocycles. The molecule has 116 valence electrons. The Morgan fingerprint density at radius 1 is 1.38 bits per heavy atom. The van der Waals surface area contributed by atoms with Crippen LogP contribution in [0.3, 0.4) is 0 Å². The molecule has 0 saturated carbocycles. The maximum absolute atomic E-state index is 5.47. The molecule has 5 heteroatoms. The van der Waals surface area contributed by atoms with Crippen molar-refractivity contribution in [1.82, 2.24) is 10.2 Å². The number of benzene rings is 1. The summed E-state index contributed by atoms with van der Waals surface area (Å²) in [6, 6.07) is 5.28. The maximum atomic E-state index is 5.47. The SMILES string of the molecule is COc1cc(CNC2CCN(C)C(C)C2)cc2c1OCO2. The van der Waals surface area contributed by atoms with Crippen molar-refractivity contribution in [2.24, 2.45) is 0 Å². The van der Waals surface area contributed by atoms with E-state index >= 15 is 0 Å². The fraction of sp³-hybridized carbons (Fsp3) is 0.625. The number of nitrogens with one attached hydrogen (secondary N) is 1. The molecule has 1 saturated heterocycles. The van der Waals surface area contributed by atoms with Crippen molar-refractivity contribution in [2.75, 3.05) is 27.5 Å². The lowest BCUT2D eigenvalue weighted by Gasteiger charge is -2.35. The second-order valence-electron chi connectivity index (χ2n) is 5.96. The highest BCUT2D eigenvalue weighted by Gasteiger charge is 2.23. The van der Waals surface area contributed by atoms with Gasteiger partial charge in [-0.3, -0.25) is 0 Å². The molecule has 0 bridgehead atoms. The van der Waals surface area contributed by atoms with E-state index < -0.39 is 0 Å². The molecule has 1 aromatic carbocycles. The number of rotatable bonds is 4. The number of piperidine rings is 1. The van der Waals surface area contributed by atoms with Gasteiger partial charge in [-0.15, -0.1) is 0 Å². The zero-order chi connectivity index (χ0) is 14.8. The molecule has 1 aromatic rings. The van der Waals surface area contributed by atoms with E-state index in [4.69, 9.17) is 14.2 Å². The Morgan fingerprint density at radius 2 is 2.24 bits per heavy atom. The van der Waals surface area contributed by atoms with Gasteiger partial charge in [0, 0.05) is 18.6 Å². The van der Waals surface area contributed by atoms with Gasteiger partial charge in [0.2, 0.25) is 12.5 Å². The van der Waals surface area contributed by atoms with Gasteiger partial charge in [-0.1, -0.05) is 0 Å². The predicted octanol–water partition coefficient (Wildman–Crippen LogP) is 2.00. The van der Waals surface area contributed by atoms with Crippen LogP contribution in [-0.4, -0.2) is 44.5 Å². The van der Waals surface area contributed by atoms with Gasteiger partial charge in [-0.25, -0.2) is 0 Å². The number of hydrogen-bond acceptors (Lipinski definition) is 5. The van der Waals surface area contributed by atoms with Crippen molar-refractivity contribution < 1.29 is 14.2 Å². The second-order valence-corrected chi connectivity index (χ2v) is 5.96. The standard InChI is InChI=1S/C16H24N2O3/c1-11-6-13(4-5-18(11)2)17-9-12-7-14(19-3)16-15(8-12)20-10-21-16/h7-8,11,13,17H,4-6,9-10H2,1-3H3. The summed E-state index contributed by atoms with van der Waals surface area (Å²) >= 11 is 0. The van der Waals surface area contributed by atoms with Crippen LogP contribution in [-0.2, 0) is 6.54 Å². The largest absolute Gasteiger partial charge is 0.493 e. The van der Waals surface area contributed by atoms with Crippen molar-refractivity contribution >= 4 is 0 Å². The molecule has 3 rings (SSSR count). The summed E-state index contributed by atoms with van der Waals surface area (Å²) < 4.78 is 16.3. The average Bonchev–Trinajstić information content (AvgIpc) is 2.96. The van der Waals surface area contributed by atoms with E-state index in [0.29, 0.717) is 17.8 Å². The van der Waals surface area contributed by atoms with Gasteiger partial charge >= 0.3 is 0 Å². The minimum atomic E-state index is 0.273. The summed E-state index contributed by atoms with van der Waals surface area (Å²) in [7, 11) is 3.86. The molecule has 1 N–H and O–H groups in total. The summed E-state index contributed by atoms with van der Waals surface area (Å²) in [6.07, 6.45) is 2.39. The number of hydrogen-bond donors (Lipinski definition) is 1. The molecule has 2 heterocycles. The van der Waals surface area contributed by atoms with E-state index in [0.717, 1.165) is 24.6 Å². The third kappa shape index (κ3) is 3.09. The van der Waals surface area contributed by atoms with Crippen LogP contribution in [0.1, 0.15) is 25.3 Å². The first-order valence-corrected chi connectivity index (χ1v) is 7.57. The van der Waals surface area contributed by atoms with Gasteiger partial charge in [0.25, 0.3) is 0 Å². The highest BCUT2D eigenvalue weighted by atomic mass is 16.7. The van der Waals surface area contributed by atoms with E-state index in [2.05, 4.69) is 24.2 Å². The number of likely N-dealkylation sites (tertiary alicyclic amines) is 1. The second kappa shape index (κ2) is 6.12. The quantitative estimate of drug-likeness (QED) is 0.919. The third-order valence-electron chi connectivity index (χ3n) is 4.52. The minimum Gasteiger partial charge on any atom is -0.493 e. The molecule has 5 nitrogen and oxygen atoms in total. The summed E-state index contributed by atoms with van der Waals surface area (Å²) in [5.74, 6) is 2.25. The van der Waals surface area contributed by atoms with Crippen molar-refractivity contribution in [2.45, 2.75) is 38.4 Å². The molecule has 2 unspecified atom stereocenters. The van der Waals surface area contributed by atoms with Gasteiger partial charge in [0.1, 0.15) is 0 Å². The zero-order valence-corrected chi connectivity index (χ0v) is 13.0. The molecule has 0 aromatic heterocycles. The Hall–Kier alpha value is -1.46. The molecule has 0 aliphatic carbocycles. The maximum Gasteiger partial charge on any atom is 0.231 e. The molecule has 0 spiro atoms. The van der Waals surface area contributed by atoms with Gasteiger partial charge in [-0.05, 0) is 51.1 Å². The Kier molecular flexibility index (Phi) is 4.22. The zero-order valence-electron chi connectivity index (χ0n) is 13.0. The topological polar surface area (TPSA) is 43.0 Å². The lowest BCUT2D eigenvalue weighted by Crippen LogP contribution is -2.45. The van der Waals surface area contributed by atoms with E-state index in [1.165, 1.54) is 18.4 Å². The van der Waals surface area contributed by atoms with E-state index in [1.807, 2.05) is 12.1 Å². The van der Waals surface area contributed by atoms with Gasteiger partial charge in [0.05, 0.1) is 7.11 Å². The Bertz CT molecular complexity index is 507. The molecule has 0 amide bonds. The third-order valence-corrected chi connectivity index (χ3v) is 4.52. The Balaban J connectivity index is 1.63. The molecule has 1 fully saturated rings. The van der Waals surface area contributed by atoms with Gasteiger partial charge in [-0.2, -0.15) is 0 Å². The fourth-order valence-corrected chi connectivity index (χ4v) is 3.02. The summed E-state index contributed by atoms with van der Waals surface area (Å²) in [6.45, 7) is 4.55. The molecule has 2 atom stereocenters. The van der Waals surface area contributed by atoms with Crippen LogP contribution in [0.15, 0.2) is 12.1 Å². The van der Waals surface area contributed by atoms with Crippen LogP contribution in [0.5, 0.6) is 17.2 Å². The lowest BCUT2D eigenvalue weighted by molar-refractivity contribution is 0.168. The lowest BCUT2D eigenvalue weighted by atomic mass is 9.98. The van der Waals surface area contributed by atoms with Crippen LogP contribution in [0.2, 0.25) is 0 Å². The monoisotopic (exact) mass is 292 g/mol. The Morgan fingerprint density at radius 3 is 3.00 bits per heavy atom. The molecule has 21 heavy (non-hydrogen) atoms. The minimum absolute atomic E-state index is 0.273.